The Morgan fingerprint density at radius 1 is 1.27 bits per heavy atom. The van der Waals surface area contributed by atoms with Gasteiger partial charge in [0, 0.05) is 11.6 Å². The Bertz CT molecular complexity index is 665. The zero-order valence-electron chi connectivity index (χ0n) is 11.7. The molecule has 1 aromatic rings. The zero-order chi connectivity index (χ0) is 16.4. The maximum atomic E-state index is 12.1. The van der Waals surface area contributed by atoms with Crippen molar-refractivity contribution in [2.24, 2.45) is 0 Å². The van der Waals surface area contributed by atoms with Gasteiger partial charge in [0.05, 0.1) is 18.0 Å². The van der Waals surface area contributed by atoms with Crippen LogP contribution in [0.15, 0.2) is 35.6 Å². The summed E-state index contributed by atoms with van der Waals surface area (Å²) in [5.41, 5.74) is 0.551. The van der Waals surface area contributed by atoms with Crippen LogP contribution in [0.5, 0.6) is 0 Å². The molecule has 1 aliphatic heterocycles. The van der Waals surface area contributed by atoms with E-state index in [0.29, 0.717) is 10.6 Å². The monoisotopic (exact) mass is 323 g/mol. The van der Waals surface area contributed by atoms with Crippen LogP contribution in [0.25, 0.3) is 0 Å². The van der Waals surface area contributed by atoms with Crippen molar-refractivity contribution in [1.82, 2.24) is 4.90 Å². The lowest BCUT2D eigenvalue weighted by Crippen LogP contribution is -2.33. The lowest BCUT2D eigenvalue weighted by molar-refractivity contribution is -0.138. The quantitative estimate of drug-likeness (QED) is 0.865. The van der Waals surface area contributed by atoms with E-state index >= 15 is 0 Å². The van der Waals surface area contributed by atoms with Crippen molar-refractivity contribution in [1.29, 1.82) is 0 Å². The fraction of sp³-hybridized carbons (Fsp3) is 0.267. The number of nitrogens with zero attached hydrogens (tertiary/aromatic N) is 1. The van der Waals surface area contributed by atoms with Gasteiger partial charge in [-0.3, -0.25) is 14.4 Å². The fourth-order valence-corrected chi connectivity index (χ4v) is 2.58. The fourth-order valence-electron chi connectivity index (χ4n) is 2.45. The highest BCUT2D eigenvalue weighted by Crippen LogP contribution is 2.37. The Kier molecular flexibility index (Phi) is 4.51. The molecule has 0 aliphatic carbocycles. The molecule has 7 heteroatoms. The number of carboxylic acid groups (broad SMARTS) is 1. The average Bonchev–Trinajstić information content (AvgIpc) is 2.70. The third-order valence-corrected chi connectivity index (χ3v) is 3.69. The molecule has 1 aliphatic rings. The summed E-state index contributed by atoms with van der Waals surface area (Å²) in [6, 6.07) is 5.67. The van der Waals surface area contributed by atoms with E-state index in [1.807, 2.05) is 0 Å². The zero-order valence-corrected chi connectivity index (χ0v) is 12.5. The van der Waals surface area contributed by atoms with Gasteiger partial charge in [0.1, 0.15) is 0 Å². The van der Waals surface area contributed by atoms with Crippen LogP contribution in [0.4, 0.5) is 0 Å². The largest absolute Gasteiger partial charge is 0.503 e. The number of Topliss-reactive ketones (excluding diaryl/α,β-unsaturated/α-hetero) is 1. The molecule has 0 saturated heterocycles. The summed E-state index contributed by atoms with van der Waals surface area (Å²) in [4.78, 5) is 35.9. The van der Waals surface area contributed by atoms with Gasteiger partial charge in [-0.25, -0.2) is 0 Å². The Labute approximate surface area is 131 Å². The first-order valence-corrected chi connectivity index (χ1v) is 6.93. The minimum Gasteiger partial charge on any atom is -0.503 e. The molecule has 1 aromatic carbocycles. The number of halogens is 1. The van der Waals surface area contributed by atoms with Crippen LogP contribution in [-0.2, 0) is 14.4 Å². The maximum absolute atomic E-state index is 12.1. The lowest BCUT2D eigenvalue weighted by Gasteiger charge is -2.26. The highest BCUT2D eigenvalue weighted by Gasteiger charge is 2.42. The summed E-state index contributed by atoms with van der Waals surface area (Å²) in [6.07, 6.45) is -0.283. The molecule has 0 aromatic heterocycles. The third-order valence-electron chi connectivity index (χ3n) is 3.44. The van der Waals surface area contributed by atoms with E-state index in [1.54, 1.807) is 24.3 Å². The molecule has 0 saturated carbocycles. The van der Waals surface area contributed by atoms with Crippen molar-refractivity contribution >= 4 is 29.3 Å². The molecule has 2 rings (SSSR count). The SMILES string of the molecule is CC(=O)C1=C(O)C(=O)N(CCC(=O)O)[C@H]1c1ccc(Cl)cc1. The summed E-state index contributed by atoms with van der Waals surface area (Å²) in [7, 11) is 0. The van der Waals surface area contributed by atoms with Crippen molar-refractivity contribution in [3.8, 4) is 0 Å². The average molecular weight is 324 g/mol. The number of benzene rings is 1. The summed E-state index contributed by atoms with van der Waals surface area (Å²) in [6.45, 7) is 1.14. The molecule has 0 fully saturated rings. The molecule has 1 heterocycles. The van der Waals surface area contributed by atoms with E-state index in [9.17, 15) is 19.5 Å². The maximum Gasteiger partial charge on any atom is 0.305 e. The molecule has 1 atom stereocenters. The van der Waals surface area contributed by atoms with Crippen LogP contribution in [0.2, 0.25) is 5.02 Å². The molecule has 0 bridgehead atoms. The summed E-state index contributed by atoms with van der Waals surface area (Å²) in [5, 5.41) is 19.2. The molecule has 0 unspecified atom stereocenters. The van der Waals surface area contributed by atoms with Crippen LogP contribution >= 0.6 is 11.6 Å². The van der Waals surface area contributed by atoms with Gasteiger partial charge < -0.3 is 15.1 Å². The molecule has 6 nitrogen and oxygen atoms in total. The second-order valence-electron chi connectivity index (χ2n) is 4.91. The molecule has 0 spiro atoms. The number of rotatable bonds is 5. The molecular formula is C15H14ClNO5. The van der Waals surface area contributed by atoms with Crippen LogP contribution < -0.4 is 0 Å². The Balaban J connectivity index is 2.45. The first-order valence-electron chi connectivity index (χ1n) is 6.55. The normalized spacial score (nSPS) is 18.0. The molecular weight excluding hydrogens is 310 g/mol. The lowest BCUT2D eigenvalue weighted by atomic mass is 9.97. The van der Waals surface area contributed by atoms with Gasteiger partial charge in [0.2, 0.25) is 0 Å². The van der Waals surface area contributed by atoms with E-state index in [-0.39, 0.29) is 18.5 Å². The molecule has 116 valence electrons. The topological polar surface area (TPSA) is 94.9 Å². The van der Waals surface area contributed by atoms with E-state index < -0.39 is 29.5 Å². The van der Waals surface area contributed by atoms with Crippen LogP contribution in [0.3, 0.4) is 0 Å². The van der Waals surface area contributed by atoms with Gasteiger partial charge in [-0.05, 0) is 24.6 Å². The van der Waals surface area contributed by atoms with Gasteiger partial charge in [-0.2, -0.15) is 0 Å². The second-order valence-corrected chi connectivity index (χ2v) is 5.35. The minimum absolute atomic E-state index is 0.0299. The number of amides is 1. The summed E-state index contributed by atoms with van der Waals surface area (Å²) < 4.78 is 0. The smallest absolute Gasteiger partial charge is 0.305 e. The van der Waals surface area contributed by atoms with Crippen molar-refractivity contribution in [2.75, 3.05) is 6.54 Å². The summed E-state index contributed by atoms with van der Waals surface area (Å²) in [5.74, 6) is -2.88. The molecule has 2 N–H and O–H groups in total. The Hall–Kier alpha value is -2.34. The number of hydrogen-bond acceptors (Lipinski definition) is 4. The number of aliphatic carboxylic acids is 1. The number of hydrogen-bond donors (Lipinski definition) is 2. The number of carbonyl (C=O) groups excluding carboxylic acids is 2. The van der Waals surface area contributed by atoms with Crippen molar-refractivity contribution < 1.29 is 24.6 Å². The van der Waals surface area contributed by atoms with E-state index in [4.69, 9.17) is 16.7 Å². The highest BCUT2D eigenvalue weighted by molar-refractivity contribution is 6.30. The van der Waals surface area contributed by atoms with E-state index in [0.717, 1.165) is 0 Å². The number of carboxylic acids is 1. The Morgan fingerprint density at radius 2 is 1.86 bits per heavy atom. The third kappa shape index (κ3) is 2.96. The predicted molar refractivity (Wildman–Crippen MR) is 78.5 cm³/mol. The number of aliphatic hydroxyl groups excluding tert-OH is 1. The number of aliphatic hydroxyl groups is 1. The minimum atomic E-state index is -1.07. The molecule has 1 amide bonds. The molecule has 22 heavy (non-hydrogen) atoms. The van der Waals surface area contributed by atoms with Gasteiger partial charge in [0.25, 0.3) is 5.91 Å². The first-order chi connectivity index (χ1) is 10.3. The Morgan fingerprint density at radius 3 is 2.36 bits per heavy atom. The van der Waals surface area contributed by atoms with Crippen LogP contribution in [0.1, 0.15) is 24.9 Å². The second kappa shape index (κ2) is 6.19. The van der Waals surface area contributed by atoms with Gasteiger partial charge in [-0.1, -0.05) is 23.7 Å². The van der Waals surface area contributed by atoms with Crippen molar-refractivity contribution in [3.05, 3.63) is 46.2 Å². The number of ketones is 1. The van der Waals surface area contributed by atoms with Crippen LogP contribution in [0, 0.1) is 0 Å². The van der Waals surface area contributed by atoms with Crippen molar-refractivity contribution in [3.63, 3.8) is 0 Å². The predicted octanol–water partition coefficient (Wildman–Crippen LogP) is 2.10. The van der Waals surface area contributed by atoms with Crippen molar-refractivity contribution in [2.45, 2.75) is 19.4 Å². The van der Waals surface area contributed by atoms with E-state index in [1.165, 1.54) is 11.8 Å². The highest BCUT2D eigenvalue weighted by atomic mass is 35.5. The van der Waals surface area contributed by atoms with Gasteiger partial charge in [0.15, 0.2) is 11.5 Å². The number of carbonyl (C=O) groups is 3. The van der Waals surface area contributed by atoms with Crippen LogP contribution in [-0.4, -0.2) is 39.3 Å². The van der Waals surface area contributed by atoms with Gasteiger partial charge >= 0.3 is 5.97 Å². The van der Waals surface area contributed by atoms with E-state index in [2.05, 4.69) is 0 Å². The molecule has 0 radical (unpaired) electrons. The summed E-state index contributed by atoms with van der Waals surface area (Å²) >= 11 is 5.83. The van der Waals surface area contributed by atoms with Gasteiger partial charge in [-0.15, -0.1) is 0 Å². The standard InChI is InChI=1S/C15H14ClNO5/c1-8(18)12-13(9-2-4-10(16)5-3-9)17(7-6-11(19)20)15(22)14(12)21/h2-5,13,21H,6-7H2,1H3,(H,19,20)/t13-/m0/s1. The first kappa shape index (κ1) is 16.0.